The highest BCUT2D eigenvalue weighted by molar-refractivity contribution is 9.11. The van der Waals surface area contributed by atoms with E-state index in [1.54, 1.807) is 11.3 Å². The van der Waals surface area contributed by atoms with Crippen molar-refractivity contribution in [1.82, 2.24) is 5.32 Å². The highest BCUT2D eigenvalue weighted by atomic mass is 79.9. The van der Waals surface area contributed by atoms with Crippen molar-refractivity contribution in [1.29, 1.82) is 0 Å². The van der Waals surface area contributed by atoms with Gasteiger partial charge in [-0.1, -0.05) is 18.2 Å². The third-order valence-electron chi connectivity index (χ3n) is 3.41. The molecular weight excluding hydrogens is 320 g/mol. The molecule has 2 aromatic rings. The van der Waals surface area contributed by atoms with Gasteiger partial charge in [-0.3, -0.25) is 0 Å². The van der Waals surface area contributed by atoms with Gasteiger partial charge in [0.15, 0.2) is 0 Å². The topological polar surface area (TPSA) is 24.1 Å². The molecule has 1 aliphatic rings. The highest BCUT2D eigenvalue weighted by Crippen LogP contribution is 2.26. The van der Waals surface area contributed by atoms with Crippen molar-refractivity contribution < 1.29 is 0 Å². The second-order valence-corrected chi connectivity index (χ2v) is 7.34. The molecule has 2 N–H and O–H groups in total. The highest BCUT2D eigenvalue weighted by Gasteiger charge is 2.11. The lowest BCUT2D eigenvalue weighted by atomic mass is 9.99. The van der Waals surface area contributed by atoms with E-state index in [0.29, 0.717) is 0 Å². The number of hydrogen-bond acceptors (Lipinski definition) is 3. The molecule has 0 radical (unpaired) electrons. The van der Waals surface area contributed by atoms with Gasteiger partial charge >= 0.3 is 0 Å². The standard InChI is InChI=1S/C15H17BrN2S/c16-14-7-6-13(19-14)10-17-9-12-4-1-3-11-5-2-8-18-15(11)12/h1,3-4,6-7,17-18H,2,5,8-10H2. The smallest absolute Gasteiger partial charge is 0.0701 e. The van der Waals surface area contributed by atoms with Crippen LogP contribution in [-0.4, -0.2) is 6.54 Å². The number of aryl methyl sites for hydroxylation is 1. The summed E-state index contributed by atoms with van der Waals surface area (Å²) >= 11 is 5.29. The van der Waals surface area contributed by atoms with Crippen LogP contribution in [-0.2, 0) is 19.5 Å². The molecule has 3 rings (SSSR count). The largest absolute Gasteiger partial charge is 0.385 e. The summed E-state index contributed by atoms with van der Waals surface area (Å²) in [6.07, 6.45) is 2.45. The Morgan fingerprint density at radius 2 is 2.16 bits per heavy atom. The molecule has 0 atom stereocenters. The van der Waals surface area contributed by atoms with Gasteiger partial charge in [0.05, 0.1) is 3.79 Å². The second-order valence-electron chi connectivity index (χ2n) is 4.79. The molecule has 0 unspecified atom stereocenters. The van der Waals surface area contributed by atoms with Crippen LogP contribution in [0.2, 0.25) is 0 Å². The first kappa shape index (κ1) is 13.2. The average molecular weight is 337 g/mol. The predicted octanol–water partition coefficient (Wildman–Crippen LogP) is 4.16. The number of rotatable bonds is 4. The van der Waals surface area contributed by atoms with Crippen LogP contribution >= 0.6 is 27.3 Å². The van der Waals surface area contributed by atoms with Gasteiger partial charge in [-0.25, -0.2) is 0 Å². The van der Waals surface area contributed by atoms with Gasteiger partial charge in [-0.2, -0.15) is 0 Å². The van der Waals surface area contributed by atoms with Gasteiger partial charge in [0.1, 0.15) is 0 Å². The van der Waals surface area contributed by atoms with Crippen LogP contribution in [0.4, 0.5) is 5.69 Å². The number of thiophene rings is 1. The number of anilines is 1. The predicted molar refractivity (Wildman–Crippen MR) is 85.8 cm³/mol. The molecular formula is C15H17BrN2S. The van der Waals surface area contributed by atoms with Crippen molar-refractivity contribution in [2.45, 2.75) is 25.9 Å². The minimum absolute atomic E-state index is 0.922. The summed E-state index contributed by atoms with van der Waals surface area (Å²) < 4.78 is 1.20. The molecule has 1 aromatic carbocycles. The molecule has 2 nitrogen and oxygen atoms in total. The maximum atomic E-state index is 3.54. The minimum atomic E-state index is 0.922. The zero-order chi connectivity index (χ0) is 13.1. The fraction of sp³-hybridized carbons (Fsp3) is 0.333. The van der Waals surface area contributed by atoms with Crippen molar-refractivity contribution in [2.24, 2.45) is 0 Å². The molecule has 100 valence electrons. The van der Waals surface area contributed by atoms with Gasteiger partial charge in [0.2, 0.25) is 0 Å². The monoisotopic (exact) mass is 336 g/mol. The van der Waals surface area contributed by atoms with Gasteiger partial charge in [-0.15, -0.1) is 11.3 Å². The zero-order valence-electron chi connectivity index (χ0n) is 10.7. The van der Waals surface area contributed by atoms with Crippen molar-refractivity contribution in [3.05, 3.63) is 50.1 Å². The lowest BCUT2D eigenvalue weighted by Gasteiger charge is -2.21. The number of hydrogen-bond donors (Lipinski definition) is 2. The van der Waals surface area contributed by atoms with E-state index < -0.39 is 0 Å². The molecule has 2 heterocycles. The Hall–Kier alpha value is -0.840. The Morgan fingerprint density at radius 3 is 3.00 bits per heavy atom. The van der Waals surface area contributed by atoms with Gasteiger partial charge in [0, 0.05) is 30.2 Å². The molecule has 0 aliphatic carbocycles. The van der Waals surface area contributed by atoms with Gasteiger partial charge < -0.3 is 10.6 Å². The van der Waals surface area contributed by atoms with Gasteiger partial charge in [-0.05, 0) is 52.0 Å². The zero-order valence-corrected chi connectivity index (χ0v) is 13.1. The SMILES string of the molecule is Brc1ccc(CNCc2cccc3c2NCCC3)s1. The van der Waals surface area contributed by atoms with Crippen LogP contribution in [0.25, 0.3) is 0 Å². The fourth-order valence-corrected chi connectivity index (χ4v) is 3.95. The van der Waals surface area contributed by atoms with Crippen LogP contribution in [0.5, 0.6) is 0 Å². The Morgan fingerprint density at radius 1 is 1.21 bits per heavy atom. The maximum Gasteiger partial charge on any atom is 0.0701 e. The number of para-hydroxylation sites is 1. The number of fused-ring (bicyclic) bond motifs is 1. The van der Waals surface area contributed by atoms with E-state index in [1.165, 1.54) is 38.3 Å². The molecule has 0 spiro atoms. The van der Waals surface area contributed by atoms with Gasteiger partial charge in [0.25, 0.3) is 0 Å². The van der Waals surface area contributed by atoms with E-state index in [4.69, 9.17) is 0 Å². The normalized spacial score (nSPS) is 13.9. The lowest BCUT2D eigenvalue weighted by Crippen LogP contribution is -2.17. The summed E-state index contributed by atoms with van der Waals surface area (Å²) in [5, 5.41) is 7.07. The van der Waals surface area contributed by atoms with E-state index in [9.17, 15) is 0 Å². The third kappa shape index (κ3) is 3.19. The third-order valence-corrected chi connectivity index (χ3v) is 5.03. The Kier molecular flexibility index (Phi) is 4.21. The first-order valence-corrected chi connectivity index (χ1v) is 8.23. The first-order valence-electron chi connectivity index (χ1n) is 6.62. The Labute approximate surface area is 126 Å². The van der Waals surface area contributed by atoms with Crippen molar-refractivity contribution in [2.75, 3.05) is 11.9 Å². The molecule has 0 amide bonds. The van der Waals surface area contributed by atoms with E-state index in [-0.39, 0.29) is 0 Å². The van der Waals surface area contributed by atoms with Crippen LogP contribution in [0.15, 0.2) is 34.1 Å². The maximum absolute atomic E-state index is 3.54. The summed E-state index contributed by atoms with van der Waals surface area (Å²) in [7, 11) is 0. The summed E-state index contributed by atoms with van der Waals surface area (Å²) in [6.45, 7) is 2.95. The van der Waals surface area contributed by atoms with Crippen molar-refractivity contribution in [3.63, 3.8) is 0 Å². The summed E-state index contributed by atoms with van der Waals surface area (Å²) in [5.74, 6) is 0. The minimum Gasteiger partial charge on any atom is -0.385 e. The Balaban J connectivity index is 1.64. The molecule has 0 saturated heterocycles. The number of halogens is 1. The molecule has 1 aromatic heterocycles. The first-order chi connectivity index (χ1) is 9.33. The van der Waals surface area contributed by atoms with E-state index in [1.807, 2.05) is 0 Å². The number of nitrogens with one attached hydrogen (secondary N) is 2. The molecule has 0 bridgehead atoms. The molecule has 1 aliphatic heterocycles. The van der Waals surface area contributed by atoms with E-state index >= 15 is 0 Å². The molecule has 0 fully saturated rings. The average Bonchev–Trinajstić information content (AvgIpc) is 2.85. The van der Waals surface area contributed by atoms with Crippen LogP contribution in [0.3, 0.4) is 0 Å². The fourth-order valence-electron chi connectivity index (χ4n) is 2.50. The van der Waals surface area contributed by atoms with Crippen molar-refractivity contribution in [3.8, 4) is 0 Å². The molecule has 19 heavy (non-hydrogen) atoms. The quantitative estimate of drug-likeness (QED) is 0.875. The summed E-state index contributed by atoms with van der Waals surface area (Å²) in [6, 6.07) is 10.9. The van der Waals surface area contributed by atoms with Crippen molar-refractivity contribution >= 4 is 33.0 Å². The van der Waals surface area contributed by atoms with Crippen LogP contribution in [0.1, 0.15) is 22.4 Å². The van der Waals surface area contributed by atoms with Crippen LogP contribution < -0.4 is 10.6 Å². The van der Waals surface area contributed by atoms with Crippen LogP contribution in [0, 0.1) is 0 Å². The lowest BCUT2D eigenvalue weighted by molar-refractivity contribution is 0.697. The molecule has 4 heteroatoms. The summed E-state index contributed by atoms with van der Waals surface area (Å²) in [5.41, 5.74) is 4.20. The second kappa shape index (κ2) is 6.07. The van der Waals surface area contributed by atoms with E-state index in [0.717, 1.165) is 19.6 Å². The van der Waals surface area contributed by atoms with E-state index in [2.05, 4.69) is 56.9 Å². The number of benzene rings is 1. The molecule has 0 saturated carbocycles. The Bertz CT molecular complexity index is 565. The summed E-state index contributed by atoms with van der Waals surface area (Å²) in [4.78, 5) is 1.37.